The standard InChI is InChI=1S/3C5H11NO.C5H10O2/c3*1-3-4-5(7)6-2;1-3-4-5(6)7-2/h3*3-4H2,1-2H3,(H,6,7);3-4H2,1-2H3. The lowest BCUT2D eigenvalue weighted by Gasteiger charge is -1.91. The van der Waals surface area contributed by atoms with Crippen LogP contribution in [0.3, 0.4) is 0 Å². The summed E-state index contributed by atoms with van der Waals surface area (Å²) >= 11 is 0. The average molecular weight is 406 g/mol. The lowest BCUT2D eigenvalue weighted by molar-refractivity contribution is -0.140. The lowest BCUT2D eigenvalue weighted by Crippen LogP contribution is -2.16. The maximum absolute atomic E-state index is 10.3. The van der Waals surface area contributed by atoms with E-state index in [-0.39, 0.29) is 23.7 Å². The monoisotopic (exact) mass is 405 g/mol. The first kappa shape index (κ1) is 33.5. The molecule has 0 aliphatic heterocycles. The normalized spacial score (nSPS) is 8.29. The van der Waals surface area contributed by atoms with Crippen LogP contribution in [0.15, 0.2) is 0 Å². The van der Waals surface area contributed by atoms with Gasteiger partial charge in [0.05, 0.1) is 7.11 Å². The summed E-state index contributed by atoms with van der Waals surface area (Å²) in [6, 6.07) is 0. The van der Waals surface area contributed by atoms with Gasteiger partial charge in [-0.25, -0.2) is 0 Å². The third-order valence-electron chi connectivity index (χ3n) is 2.95. The Morgan fingerprint density at radius 3 is 0.893 bits per heavy atom. The molecule has 0 atom stereocenters. The molecule has 0 aromatic rings. The number of hydrogen-bond donors (Lipinski definition) is 3. The molecule has 0 rings (SSSR count). The van der Waals surface area contributed by atoms with Gasteiger partial charge in [0.25, 0.3) is 0 Å². The molecule has 0 saturated heterocycles. The van der Waals surface area contributed by atoms with Gasteiger partial charge in [0.2, 0.25) is 17.7 Å². The van der Waals surface area contributed by atoms with E-state index in [4.69, 9.17) is 0 Å². The summed E-state index contributed by atoms with van der Waals surface area (Å²) in [6.07, 6.45) is 6.14. The Hall–Kier alpha value is -2.12. The maximum Gasteiger partial charge on any atom is 0.305 e. The SMILES string of the molecule is CCCC(=O)NC.CCCC(=O)NC.CCCC(=O)NC.CCCC(=O)OC. The molecule has 0 heterocycles. The zero-order valence-corrected chi connectivity index (χ0v) is 19.2. The summed E-state index contributed by atoms with van der Waals surface area (Å²) in [5, 5.41) is 7.58. The Morgan fingerprint density at radius 1 is 0.571 bits per heavy atom. The zero-order valence-electron chi connectivity index (χ0n) is 19.2. The van der Waals surface area contributed by atoms with Crippen molar-refractivity contribution < 1.29 is 23.9 Å². The van der Waals surface area contributed by atoms with Gasteiger partial charge in [-0.05, 0) is 25.7 Å². The van der Waals surface area contributed by atoms with Crippen molar-refractivity contribution in [2.24, 2.45) is 0 Å². The average Bonchev–Trinajstić information content (AvgIpc) is 2.70. The molecule has 0 fully saturated rings. The molecular weight excluding hydrogens is 362 g/mol. The summed E-state index contributed by atoms with van der Waals surface area (Å²) in [5.74, 6) is 0.259. The number of carbonyl (C=O) groups excluding carboxylic acids is 4. The molecule has 28 heavy (non-hydrogen) atoms. The highest BCUT2D eigenvalue weighted by Gasteiger charge is 1.93. The summed E-state index contributed by atoms with van der Waals surface area (Å²) < 4.78 is 4.35. The van der Waals surface area contributed by atoms with E-state index in [0.717, 1.165) is 25.7 Å². The minimum atomic E-state index is -0.123. The largest absolute Gasteiger partial charge is 0.469 e. The van der Waals surface area contributed by atoms with Crippen LogP contribution in [0.2, 0.25) is 0 Å². The highest BCUT2D eigenvalue weighted by Crippen LogP contribution is 1.87. The molecule has 0 spiro atoms. The van der Waals surface area contributed by atoms with Crippen molar-refractivity contribution in [3.8, 4) is 0 Å². The molecule has 0 aliphatic carbocycles. The predicted molar refractivity (Wildman–Crippen MR) is 114 cm³/mol. The number of esters is 1. The Bertz CT molecular complexity index is 316. The first-order valence-corrected chi connectivity index (χ1v) is 9.92. The smallest absolute Gasteiger partial charge is 0.305 e. The Kier molecular flexibility index (Phi) is 35.4. The third kappa shape index (κ3) is 39.1. The molecule has 3 N–H and O–H groups in total. The molecule has 0 aliphatic rings. The zero-order chi connectivity index (χ0) is 22.8. The fourth-order valence-corrected chi connectivity index (χ4v) is 1.36. The van der Waals surface area contributed by atoms with Crippen molar-refractivity contribution in [3.63, 3.8) is 0 Å². The Morgan fingerprint density at radius 2 is 0.821 bits per heavy atom. The van der Waals surface area contributed by atoms with Crippen LogP contribution in [-0.4, -0.2) is 51.9 Å². The molecule has 0 aromatic carbocycles. The number of ether oxygens (including phenoxy) is 1. The van der Waals surface area contributed by atoms with Crippen LogP contribution >= 0.6 is 0 Å². The number of rotatable bonds is 8. The van der Waals surface area contributed by atoms with Crippen LogP contribution in [0.5, 0.6) is 0 Å². The first-order valence-electron chi connectivity index (χ1n) is 9.92. The molecule has 8 nitrogen and oxygen atoms in total. The molecule has 8 heteroatoms. The van der Waals surface area contributed by atoms with Crippen molar-refractivity contribution in [2.75, 3.05) is 28.3 Å². The van der Waals surface area contributed by atoms with Crippen LogP contribution in [0, 0.1) is 0 Å². The maximum atomic E-state index is 10.3. The van der Waals surface area contributed by atoms with Crippen LogP contribution in [0.1, 0.15) is 79.1 Å². The second-order valence-corrected chi connectivity index (χ2v) is 5.60. The summed E-state index contributed by atoms with van der Waals surface area (Å²) in [7, 11) is 6.35. The van der Waals surface area contributed by atoms with Gasteiger partial charge in [-0.15, -0.1) is 0 Å². The summed E-state index contributed by atoms with van der Waals surface area (Å²) in [5.41, 5.74) is 0. The minimum absolute atomic E-state index is 0.123. The van der Waals surface area contributed by atoms with E-state index in [1.54, 1.807) is 21.1 Å². The number of amides is 3. The second kappa shape index (κ2) is 29.6. The summed E-state index contributed by atoms with van der Waals surface area (Å²) in [4.78, 5) is 41.1. The van der Waals surface area contributed by atoms with Gasteiger partial charge in [-0.1, -0.05) is 27.7 Å². The number of carbonyl (C=O) groups is 4. The van der Waals surface area contributed by atoms with Gasteiger partial charge >= 0.3 is 5.97 Å². The molecule has 0 saturated carbocycles. The van der Waals surface area contributed by atoms with Gasteiger partial charge in [0.15, 0.2) is 0 Å². The summed E-state index contributed by atoms with van der Waals surface area (Å²) in [6.45, 7) is 7.89. The van der Waals surface area contributed by atoms with Crippen molar-refractivity contribution in [1.29, 1.82) is 0 Å². The van der Waals surface area contributed by atoms with Crippen LogP contribution in [0.4, 0.5) is 0 Å². The van der Waals surface area contributed by atoms with Crippen molar-refractivity contribution in [2.45, 2.75) is 79.1 Å². The van der Waals surface area contributed by atoms with Gasteiger partial charge in [-0.3, -0.25) is 19.2 Å². The fraction of sp³-hybridized carbons (Fsp3) is 0.800. The molecule has 0 radical (unpaired) electrons. The predicted octanol–water partition coefficient (Wildman–Crippen LogP) is 2.56. The third-order valence-corrected chi connectivity index (χ3v) is 2.95. The van der Waals surface area contributed by atoms with Crippen LogP contribution in [-0.2, 0) is 23.9 Å². The quantitative estimate of drug-likeness (QED) is 0.537. The fourth-order valence-electron chi connectivity index (χ4n) is 1.36. The second-order valence-electron chi connectivity index (χ2n) is 5.60. The van der Waals surface area contributed by atoms with Crippen molar-refractivity contribution in [1.82, 2.24) is 16.0 Å². The van der Waals surface area contributed by atoms with E-state index in [1.807, 2.05) is 27.7 Å². The highest BCUT2D eigenvalue weighted by molar-refractivity contribution is 5.76. The van der Waals surface area contributed by atoms with E-state index in [0.29, 0.717) is 25.7 Å². The van der Waals surface area contributed by atoms with E-state index < -0.39 is 0 Å². The Labute approximate surface area is 171 Å². The van der Waals surface area contributed by atoms with Crippen molar-refractivity contribution in [3.05, 3.63) is 0 Å². The molecule has 0 bridgehead atoms. The van der Waals surface area contributed by atoms with Crippen LogP contribution < -0.4 is 16.0 Å². The number of methoxy groups -OCH3 is 1. The molecule has 0 unspecified atom stereocenters. The molecular formula is C20H43N3O5. The number of hydrogen-bond acceptors (Lipinski definition) is 5. The highest BCUT2D eigenvalue weighted by atomic mass is 16.5. The van der Waals surface area contributed by atoms with E-state index in [2.05, 4.69) is 20.7 Å². The van der Waals surface area contributed by atoms with E-state index >= 15 is 0 Å². The number of nitrogens with one attached hydrogen (secondary N) is 3. The lowest BCUT2D eigenvalue weighted by atomic mass is 10.3. The van der Waals surface area contributed by atoms with Gasteiger partial charge < -0.3 is 20.7 Å². The minimum Gasteiger partial charge on any atom is -0.469 e. The van der Waals surface area contributed by atoms with Gasteiger partial charge in [-0.2, -0.15) is 0 Å². The van der Waals surface area contributed by atoms with E-state index in [1.165, 1.54) is 7.11 Å². The molecule has 168 valence electrons. The Balaban J connectivity index is -0.000000137. The van der Waals surface area contributed by atoms with Crippen LogP contribution in [0.25, 0.3) is 0 Å². The first-order chi connectivity index (χ1) is 13.2. The molecule has 3 amide bonds. The van der Waals surface area contributed by atoms with E-state index in [9.17, 15) is 19.2 Å². The van der Waals surface area contributed by atoms with Crippen molar-refractivity contribution >= 4 is 23.7 Å². The topological polar surface area (TPSA) is 114 Å². The van der Waals surface area contributed by atoms with Gasteiger partial charge in [0.1, 0.15) is 0 Å². The molecule has 0 aromatic heterocycles. The van der Waals surface area contributed by atoms with Gasteiger partial charge in [0, 0.05) is 46.8 Å².